The summed E-state index contributed by atoms with van der Waals surface area (Å²) in [6.45, 7) is 5.98. The summed E-state index contributed by atoms with van der Waals surface area (Å²) in [5.74, 6) is 0.827. The molecule has 0 fully saturated rings. The number of carbonyl (C=O) groups is 1. The molecule has 0 spiro atoms. The van der Waals surface area contributed by atoms with Crippen LogP contribution in [0.25, 0.3) is 22.3 Å². The van der Waals surface area contributed by atoms with E-state index in [-0.39, 0.29) is 11.9 Å². The molecule has 0 aliphatic heterocycles. The van der Waals surface area contributed by atoms with Crippen molar-refractivity contribution in [2.75, 3.05) is 12.3 Å². The summed E-state index contributed by atoms with van der Waals surface area (Å²) in [6.07, 6.45) is 1.19. The van der Waals surface area contributed by atoms with Crippen molar-refractivity contribution in [3.05, 3.63) is 36.0 Å². The van der Waals surface area contributed by atoms with Crippen molar-refractivity contribution in [2.24, 2.45) is 5.92 Å². The number of carboxylic acid groups (broad SMARTS) is 1. The second kappa shape index (κ2) is 8.29. The number of nitrogens with two attached hydrogens (primary N) is 1. The van der Waals surface area contributed by atoms with Crippen LogP contribution in [-0.4, -0.2) is 38.3 Å². The van der Waals surface area contributed by atoms with Gasteiger partial charge < -0.3 is 25.9 Å². The maximum atomic E-state index is 10.9. The first-order valence-electron chi connectivity index (χ1n) is 9.47. The number of rotatable bonds is 7. The number of hydrogen-bond donors (Lipinski definition) is 4. The van der Waals surface area contributed by atoms with Crippen LogP contribution < -0.4 is 15.8 Å². The highest BCUT2D eigenvalue weighted by atomic mass is 16.5. The van der Waals surface area contributed by atoms with Crippen molar-refractivity contribution in [3.8, 4) is 22.9 Å². The topological polar surface area (TPSA) is 150 Å². The van der Waals surface area contributed by atoms with Gasteiger partial charge in [-0.15, -0.1) is 0 Å². The van der Waals surface area contributed by atoms with Crippen molar-refractivity contribution in [2.45, 2.75) is 32.7 Å². The zero-order valence-electron chi connectivity index (χ0n) is 17.1. The van der Waals surface area contributed by atoms with E-state index in [1.807, 2.05) is 32.9 Å². The lowest BCUT2D eigenvalue weighted by molar-refractivity contribution is 0.169. The second-order valence-electron chi connectivity index (χ2n) is 7.93. The number of fused-ring (bicyclic) bond motifs is 1. The Morgan fingerprint density at radius 3 is 2.90 bits per heavy atom. The van der Waals surface area contributed by atoms with Crippen molar-refractivity contribution in [1.29, 1.82) is 5.26 Å². The minimum Gasteiger partial charge on any atom is -0.492 e. The van der Waals surface area contributed by atoms with Crippen molar-refractivity contribution < 1.29 is 14.6 Å². The molecule has 1 atom stereocenters. The lowest BCUT2D eigenvalue weighted by Gasteiger charge is -2.28. The summed E-state index contributed by atoms with van der Waals surface area (Å²) in [6, 6.07) is 9.35. The number of aromatic amines is 1. The molecule has 0 aliphatic carbocycles. The summed E-state index contributed by atoms with van der Waals surface area (Å²) in [4.78, 5) is 22.3. The van der Waals surface area contributed by atoms with E-state index in [0.29, 0.717) is 35.5 Å². The minimum absolute atomic E-state index is 0.0740. The molecule has 5 N–H and O–H groups in total. The first-order chi connectivity index (χ1) is 14.2. The van der Waals surface area contributed by atoms with Gasteiger partial charge in [0.2, 0.25) is 0 Å². The van der Waals surface area contributed by atoms with E-state index in [2.05, 4.69) is 26.3 Å². The number of ether oxygens (including phenoxy) is 1. The van der Waals surface area contributed by atoms with Gasteiger partial charge in [0.15, 0.2) is 11.6 Å². The Morgan fingerprint density at radius 2 is 2.20 bits per heavy atom. The van der Waals surface area contributed by atoms with E-state index in [1.165, 1.54) is 0 Å². The molecule has 9 heteroatoms. The molecule has 0 saturated carbocycles. The maximum Gasteiger partial charge on any atom is 0.405 e. The molecule has 0 radical (unpaired) electrons. The summed E-state index contributed by atoms with van der Waals surface area (Å²) in [5.41, 5.74) is 8.39. The fraction of sp³-hybridized carbons (Fsp3) is 0.333. The van der Waals surface area contributed by atoms with E-state index in [4.69, 9.17) is 15.6 Å². The quantitative estimate of drug-likeness (QED) is 0.467. The molecule has 0 unspecified atom stereocenters. The van der Waals surface area contributed by atoms with Crippen molar-refractivity contribution >= 4 is 23.2 Å². The van der Waals surface area contributed by atoms with Crippen LogP contribution in [0.5, 0.6) is 5.75 Å². The number of aromatic nitrogens is 3. The molecule has 1 amide bonds. The number of nitriles is 1. The number of amides is 1. The molecule has 3 aromatic rings. The second-order valence-corrected chi connectivity index (χ2v) is 7.93. The van der Waals surface area contributed by atoms with E-state index < -0.39 is 11.6 Å². The van der Waals surface area contributed by atoms with Gasteiger partial charge in [-0.2, -0.15) is 5.26 Å². The summed E-state index contributed by atoms with van der Waals surface area (Å²) >= 11 is 0. The number of hydrogen-bond acceptors (Lipinski definition) is 6. The molecule has 3 rings (SSSR count). The molecule has 9 nitrogen and oxygen atoms in total. The van der Waals surface area contributed by atoms with Crippen LogP contribution in [0.1, 0.15) is 32.8 Å². The number of anilines is 1. The lowest BCUT2D eigenvalue weighted by atomic mass is 9.92. The molecular weight excluding hydrogens is 384 g/mol. The summed E-state index contributed by atoms with van der Waals surface area (Å²) in [5, 5.41) is 21.0. The highest BCUT2D eigenvalue weighted by Gasteiger charge is 2.23. The van der Waals surface area contributed by atoms with Crippen LogP contribution in [0.2, 0.25) is 0 Å². The van der Waals surface area contributed by atoms with Crippen molar-refractivity contribution in [1.82, 2.24) is 20.3 Å². The molecule has 0 bridgehead atoms. The summed E-state index contributed by atoms with van der Waals surface area (Å²) in [7, 11) is 0. The van der Waals surface area contributed by atoms with Crippen LogP contribution >= 0.6 is 0 Å². The third-order valence-electron chi connectivity index (χ3n) is 4.64. The number of nitrogen functional groups attached to an aromatic ring is 1. The van der Waals surface area contributed by atoms with Gasteiger partial charge in [0.25, 0.3) is 0 Å². The molecule has 30 heavy (non-hydrogen) atoms. The SMILES string of the molecule is C[C@H](COc1ccc(-c2ccnc3[nH]c(N)nc23)cc1C#N)CC(C)(C)NC(=O)O. The van der Waals surface area contributed by atoms with Gasteiger partial charge in [-0.25, -0.2) is 14.8 Å². The molecular formula is C21H24N6O3. The van der Waals surface area contributed by atoms with E-state index in [0.717, 1.165) is 11.1 Å². The van der Waals surface area contributed by atoms with E-state index >= 15 is 0 Å². The third kappa shape index (κ3) is 4.78. The van der Waals surface area contributed by atoms with Gasteiger partial charge in [0, 0.05) is 17.3 Å². The molecule has 2 heterocycles. The number of imidazole rings is 1. The standard InChI is InChI=1S/C21H24N6O3/c1-12(9-21(2,3)27-20(28)29)11-30-16-5-4-13(8-14(16)10-22)15-6-7-24-18-17(15)25-19(23)26-18/h4-8,12,27H,9,11H2,1-3H3,(H,28,29)(H3,23,24,25,26)/t12-/m0/s1. The third-order valence-corrected chi connectivity index (χ3v) is 4.64. The number of pyridine rings is 1. The first kappa shape index (κ1) is 20.9. The van der Waals surface area contributed by atoms with Gasteiger partial charge in [0.1, 0.15) is 17.3 Å². The molecule has 0 saturated heterocycles. The van der Waals surface area contributed by atoms with E-state index in [1.54, 1.807) is 18.3 Å². The number of nitrogens with one attached hydrogen (secondary N) is 2. The number of benzene rings is 1. The predicted molar refractivity (Wildman–Crippen MR) is 113 cm³/mol. The van der Waals surface area contributed by atoms with Crippen molar-refractivity contribution in [3.63, 3.8) is 0 Å². The van der Waals surface area contributed by atoms with Gasteiger partial charge in [-0.05, 0) is 49.9 Å². The Hall–Kier alpha value is -3.80. The van der Waals surface area contributed by atoms with Gasteiger partial charge in [-0.3, -0.25) is 0 Å². The largest absolute Gasteiger partial charge is 0.492 e. The van der Waals surface area contributed by atoms with Crippen LogP contribution in [0.4, 0.5) is 10.7 Å². The molecule has 2 aromatic heterocycles. The Kier molecular flexibility index (Phi) is 5.78. The maximum absolute atomic E-state index is 10.9. The van der Waals surface area contributed by atoms with Crippen LogP contribution in [0.15, 0.2) is 30.5 Å². The molecule has 1 aromatic carbocycles. The first-order valence-corrected chi connectivity index (χ1v) is 9.47. The van der Waals surface area contributed by atoms with Gasteiger partial charge in [0.05, 0.1) is 12.2 Å². The van der Waals surface area contributed by atoms with Crippen LogP contribution in [-0.2, 0) is 0 Å². The number of H-pyrrole nitrogens is 1. The normalized spacial score (nSPS) is 12.3. The average molecular weight is 408 g/mol. The lowest BCUT2D eigenvalue weighted by Crippen LogP contribution is -2.44. The Bertz CT molecular complexity index is 1120. The molecule has 156 valence electrons. The minimum atomic E-state index is -1.06. The summed E-state index contributed by atoms with van der Waals surface area (Å²) < 4.78 is 5.87. The van der Waals surface area contributed by atoms with Gasteiger partial charge in [-0.1, -0.05) is 13.0 Å². The smallest absolute Gasteiger partial charge is 0.405 e. The Morgan fingerprint density at radius 1 is 1.43 bits per heavy atom. The average Bonchev–Trinajstić information content (AvgIpc) is 3.04. The number of nitrogens with zero attached hydrogens (tertiary/aromatic N) is 3. The Labute approximate surface area is 173 Å². The zero-order chi connectivity index (χ0) is 21.9. The monoisotopic (exact) mass is 408 g/mol. The van der Waals surface area contributed by atoms with Gasteiger partial charge >= 0.3 is 6.09 Å². The zero-order valence-corrected chi connectivity index (χ0v) is 17.1. The molecule has 0 aliphatic rings. The van der Waals surface area contributed by atoms with Crippen LogP contribution in [0.3, 0.4) is 0 Å². The van der Waals surface area contributed by atoms with E-state index in [9.17, 15) is 10.1 Å². The fourth-order valence-corrected chi connectivity index (χ4v) is 3.57. The predicted octanol–water partition coefficient (Wildman–Crippen LogP) is 3.53. The fourth-order valence-electron chi connectivity index (χ4n) is 3.57. The van der Waals surface area contributed by atoms with Crippen LogP contribution in [0, 0.1) is 17.2 Å². The highest BCUT2D eigenvalue weighted by molar-refractivity contribution is 5.91. The Balaban J connectivity index is 1.76. The highest BCUT2D eigenvalue weighted by Crippen LogP contribution is 2.31.